The van der Waals surface area contributed by atoms with Gasteiger partial charge in [-0.05, 0) is 24.8 Å². The van der Waals surface area contributed by atoms with Gasteiger partial charge in [0.25, 0.3) is 0 Å². The van der Waals surface area contributed by atoms with Crippen molar-refractivity contribution in [3.05, 3.63) is 23.8 Å². The maximum absolute atomic E-state index is 5.74. The van der Waals surface area contributed by atoms with Crippen molar-refractivity contribution >= 4 is 0 Å². The molecule has 1 aromatic heterocycles. The van der Waals surface area contributed by atoms with Crippen molar-refractivity contribution in [2.45, 2.75) is 26.7 Å². The van der Waals surface area contributed by atoms with Gasteiger partial charge >= 0.3 is 0 Å². The van der Waals surface area contributed by atoms with E-state index in [0.29, 0.717) is 17.3 Å². The van der Waals surface area contributed by atoms with E-state index in [1.54, 1.807) is 12.4 Å². The monoisotopic (exact) mass is 191 g/mol. The van der Waals surface area contributed by atoms with Crippen LogP contribution in [0, 0.1) is 18.3 Å². The lowest BCUT2D eigenvalue weighted by atomic mass is 10.1. The van der Waals surface area contributed by atoms with E-state index in [-0.39, 0.29) is 0 Å². The minimum absolute atomic E-state index is 0.301. The molecule has 2 rings (SSSR count). The molecule has 14 heavy (non-hydrogen) atoms. The number of aromatic nitrogens is 2. The van der Waals surface area contributed by atoms with Gasteiger partial charge in [0.2, 0.25) is 0 Å². The van der Waals surface area contributed by atoms with Crippen LogP contribution in [0.1, 0.15) is 31.2 Å². The van der Waals surface area contributed by atoms with Gasteiger partial charge in [-0.2, -0.15) is 0 Å². The Kier molecular flexibility index (Phi) is 2.07. The molecule has 0 aromatic carbocycles. The lowest BCUT2D eigenvalue weighted by molar-refractivity contribution is 0.556. The fourth-order valence-corrected chi connectivity index (χ4v) is 2.45. The molecule has 0 spiro atoms. The zero-order valence-corrected chi connectivity index (χ0v) is 8.99. The Balaban J connectivity index is 2.31. The topological polar surface area (TPSA) is 51.8 Å². The minimum atomic E-state index is 0.301. The molecule has 2 N–H and O–H groups in total. The number of nitrogens with zero attached hydrogens (tertiary/aromatic N) is 2. The van der Waals surface area contributed by atoms with Gasteiger partial charge < -0.3 is 5.73 Å². The summed E-state index contributed by atoms with van der Waals surface area (Å²) < 4.78 is 0. The van der Waals surface area contributed by atoms with Crippen LogP contribution >= 0.6 is 0 Å². The summed E-state index contributed by atoms with van der Waals surface area (Å²) in [6.45, 7) is 7.27. The maximum atomic E-state index is 5.74. The van der Waals surface area contributed by atoms with Gasteiger partial charge in [0.1, 0.15) is 0 Å². The first-order chi connectivity index (χ1) is 6.59. The molecule has 0 bridgehead atoms. The lowest BCUT2D eigenvalue weighted by Gasteiger charge is -2.04. The van der Waals surface area contributed by atoms with E-state index < -0.39 is 0 Å². The summed E-state index contributed by atoms with van der Waals surface area (Å²) in [7, 11) is 0. The first kappa shape index (κ1) is 9.59. The highest BCUT2D eigenvalue weighted by atomic mass is 14.8. The molecule has 1 heterocycles. The van der Waals surface area contributed by atoms with Crippen molar-refractivity contribution in [3.63, 3.8) is 0 Å². The average molecular weight is 191 g/mol. The summed E-state index contributed by atoms with van der Waals surface area (Å²) in [5, 5.41) is 0. The first-order valence-corrected chi connectivity index (χ1v) is 5.06. The Morgan fingerprint density at radius 2 is 2.00 bits per heavy atom. The van der Waals surface area contributed by atoms with Gasteiger partial charge in [-0.15, -0.1) is 0 Å². The predicted molar refractivity (Wildman–Crippen MR) is 55.8 cm³/mol. The summed E-state index contributed by atoms with van der Waals surface area (Å²) in [5.41, 5.74) is 8.22. The fraction of sp³-hybridized carbons (Fsp3) is 0.636. The molecule has 0 aliphatic heterocycles. The van der Waals surface area contributed by atoms with Crippen LogP contribution in [0.25, 0.3) is 0 Å². The molecular formula is C11H17N3. The molecule has 76 valence electrons. The van der Waals surface area contributed by atoms with E-state index in [4.69, 9.17) is 5.73 Å². The Morgan fingerprint density at radius 3 is 2.50 bits per heavy atom. The van der Waals surface area contributed by atoms with E-state index in [1.165, 1.54) is 0 Å². The predicted octanol–water partition coefficient (Wildman–Crippen LogP) is 1.48. The van der Waals surface area contributed by atoms with Crippen LogP contribution in [0.3, 0.4) is 0 Å². The quantitative estimate of drug-likeness (QED) is 0.770. The molecule has 0 radical (unpaired) electrons. The number of nitrogens with two attached hydrogens (primary N) is 1. The molecule has 0 unspecified atom stereocenters. The fourth-order valence-electron chi connectivity index (χ4n) is 2.45. The van der Waals surface area contributed by atoms with Crippen LogP contribution in [0.15, 0.2) is 12.4 Å². The van der Waals surface area contributed by atoms with Gasteiger partial charge in [-0.1, -0.05) is 13.8 Å². The standard InChI is InChI=1S/C11H17N3/c1-7-10(14-5-4-13-7)9-8(6-12)11(9,2)3/h4-5,8-9H,6,12H2,1-3H3/t8-,9+/m0/s1. The van der Waals surface area contributed by atoms with Crippen LogP contribution in [0.4, 0.5) is 0 Å². The van der Waals surface area contributed by atoms with E-state index in [1.807, 2.05) is 6.92 Å². The van der Waals surface area contributed by atoms with Crippen molar-refractivity contribution in [1.82, 2.24) is 9.97 Å². The van der Waals surface area contributed by atoms with Gasteiger partial charge in [-0.3, -0.25) is 9.97 Å². The molecule has 2 atom stereocenters. The van der Waals surface area contributed by atoms with E-state index in [2.05, 4.69) is 23.8 Å². The molecule has 3 heteroatoms. The average Bonchev–Trinajstić information content (AvgIpc) is 2.69. The summed E-state index contributed by atoms with van der Waals surface area (Å²) in [5.74, 6) is 1.07. The zero-order chi connectivity index (χ0) is 10.3. The molecule has 0 saturated heterocycles. The Bertz CT molecular complexity index is 346. The second-order valence-corrected chi connectivity index (χ2v) is 4.67. The smallest absolute Gasteiger partial charge is 0.0655 e. The van der Waals surface area contributed by atoms with Crippen molar-refractivity contribution in [2.24, 2.45) is 17.1 Å². The van der Waals surface area contributed by atoms with Gasteiger partial charge in [0, 0.05) is 18.3 Å². The SMILES string of the molecule is Cc1nccnc1[C@H]1[C@H](CN)C1(C)C. The third kappa shape index (κ3) is 1.23. The van der Waals surface area contributed by atoms with Crippen LogP contribution < -0.4 is 5.73 Å². The molecule has 3 nitrogen and oxygen atoms in total. The summed E-state index contributed by atoms with van der Waals surface area (Å²) in [4.78, 5) is 8.69. The molecule has 1 aromatic rings. The van der Waals surface area contributed by atoms with Crippen molar-refractivity contribution < 1.29 is 0 Å². The summed E-state index contributed by atoms with van der Waals surface area (Å²) in [6, 6.07) is 0. The van der Waals surface area contributed by atoms with E-state index in [9.17, 15) is 0 Å². The maximum Gasteiger partial charge on any atom is 0.0655 e. The van der Waals surface area contributed by atoms with Gasteiger partial charge in [0.05, 0.1) is 11.4 Å². The third-order valence-electron chi connectivity index (χ3n) is 3.52. The second kappa shape index (κ2) is 3.02. The molecular weight excluding hydrogens is 174 g/mol. The van der Waals surface area contributed by atoms with E-state index >= 15 is 0 Å². The van der Waals surface area contributed by atoms with Crippen LogP contribution in [0.5, 0.6) is 0 Å². The summed E-state index contributed by atoms with van der Waals surface area (Å²) in [6.07, 6.45) is 3.51. The zero-order valence-electron chi connectivity index (χ0n) is 8.99. The molecule has 1 fully saturated rings. The van der Waals surface area contributed by atoms with Crippen molar-refractivity contribution in [3.8, 4) is 0 Å². The van der Waals surface area contributed by atoms with Crippen LogP contribution in [-0.4, -0.2) is 16.5 Å². The minimum Gasteiger partial charge on any atom is -0.330 e. The molecule has 0 amide bonds. The largest absolute Gasteiger partial charge is 0.330 e. The molecule has 1 aliphatic carbocycles. The third-order valence-corrected chi connectivity index (χ3v) is 3.52. The summed E-state index contributed by atoms with van der Waals surface area (Å²) >= 11 is 0. The normalized spacial score (nSPS) is 28.9. The number of hydrogen-bond acceptors (Lipinski definition) is 3. The Labute approximate surface area is 84.8 Å². The second-order valence-electron chi connectivity index (χ2n) is 4.67. The highest BCUT2D eigenvalue weighted by Gasteiger charge is 2.58. The lowest BCUT2D eigenvalue weighted by Crippen LogP contribution is -2.05. The Hall–Kier alpha value is -0.960. The van der Waals surface area contributed by atoms with Crippen molar-refractivity contribution in [2.75, 3.05) is 6.54 Å². The molecule has 1 saturated carbocycles. The van der Waals surface area contributed by atoms with Crippen molar-refractivity contribution in [1.29, 1.82) is 0 Å². The van der Waals surface area contributed by atoms with Gasteiger partial charge in [0.15, 0.2) is 0 Å². The first-order valence-electron chi connectivity index (χ1n) is 5.06. The number of aryl methyl sites for hydroxylation is 1. The van der Waals surface area contributed by atoms with Crippen LogP contribution in [0.2, 0.25) is 0 Å². The highest BCUT2D eigenvalue weighted by Crippen LogP contribution is 2.63. The number of hydrogen-bond donors (Lipinski definition) is 1. The molecule has 1 aliphatic rings. The Morgan fingerprint density at radius 1 is 1.36 bits per heavy atom. The van der Waals surface area contributed by atoms with Gasteiger partial charge in [-0.25, -0.2) is 0 Å². The highest BCUT2D eigenvalue weighted by molar-refractivity contribution is 5.28. The van der Waals surface area contributed by atoms with E-state index in [0.717, 1.165) is 17.9 Å². The number of rotatable bonds is 2. The van der Waals surface area contributed by atoms with Crippen LogP contribution in [-0.2, 0) is 0 Å².